The fourth-order valence-corrected chi connectivity index (χ4v) is 3.99. The van der Waals surface area contributed by atoms with Crippen molar-refractivity contribution in [2.24, 2.45) is 0 Å². The number of benzene rings is 3. The molecular formula is C25H23FN2O4. The molecule has 164 valence electrons. The Labute approximate surface area is 185 Å². The molecule has 1 unspecified atom stereocenters. The maximum atomic E-state index is 13.4. The highest BCUT2D eigenvalue weighted by Gasteiger charge is 2.38. The molecule has 0 bridgehead atoms. The number of amides is 2. The zero-order valence-corrected chi connectivity index (χ0v) is 17.3. The quantitative estimate of drug-likeness (QED) is 0.405. The number of carbonyl (C=O) groups excluding carboxylic acids is 2. The van der Waals surface area contributed by atoms with Gasteiger partial charge in [-0.05, 0) is 65.9 Å². The highest BCUT2D eigenvalue weighted by atomic mass is 19.1. The van der Waals surface area contributed by atoms with Crippen LogP contribution in [0.15, 0.2) is 72.8 Å². The summed E-state index contributed by atoms with van der Waals surface area (Å²) in [6.45, 7) is 0.919. The van der Waals surface area contributed by atoms with E-state index in [2.05, 4.69) is 5.32 Å². The SMILES string of the molecule is O=C(NO)c1ccc(CNC(=O)c2ccc(C3(c4ccc(F)cc4)CCCO3)cc2)cc1. The van der Waals surface area contributed by atoms with Crippen molar-refractivity contribution in [3.05, 3.63) is 106 Å². The summed E-state index contributed by atoms with van der Waals surface area (Å²) in [5.41, 5.74) is 4.42. The van der Waals surface area contributed by atoms with Gasteiger partial charge in [-0.1, -0.05) is 36.4 Å². The first-order chi connectivity index (χ1) is 15.5. The summed E-state index contributed by atoms with van der Waals surface area (Å²) in [7, 11) is 0. The molecule has 3 aromatic rings. The van der Waals surface area contributed by atoms with Crippen molar-refractivity contribution in [1.82, 2.24) is 10.8 Å². The maximum Gasteiger partial charge on any atom is 0.274 e. The number of nitrogens with one attached hydrogen (secondary N) is 2. The Morgan fingerprint density at radius 1 is 0.875 bits per heavy atom. The van der Waals surface area contributed by atoms with Crippen molar-refractivity contribution >= 4 is 11.8 Å². The molecule has 7 heteroatoms. The highest BCUT2D eigenvalue weighted by Crippen LogP contribution is 2.42. The first-order valence-electron chi connectivity index (χ1n) is 10.3. The Bertz CT molecular complexity index is 1090. The molecule has 4 rings (SSSR count). The van der Waals surface area contributed by atoms with Crippen LogP contribution in [0.2, 0.25) is 0 Å². The van der Waals surface area contributed by atoms with Gasteiger partial charge in [0.2, 0.25) is 0 Å². The molecule has 6 nitrogen and oxygen atoms in total. The molecule has 1 aliphatic rings. The van der Waals surface area contributed by atoms with E-state index >= 15 is 0 Å². The average molecular weight is 434 g/mol. The van der Waals surface area contributed by atoms with E-state index in [0.29, 0.717) is 24.3 Å². The number of hydrogen-bond acceptors (Lipinski definition) is 4. The third-order valence-corrected chi connectivity index (χ3v) is 5.72. The van der Waals surface area contributed by atoms with Crippen LogP contribution in [0.4, 0.5) is 4.39 Å². The molecule has 0 aliphatic carbocycles. The number of rotatable bonds is 6. The van der Waals surface area contributed by atoms with Crippen LogP contribution in [-0.2, 0) is 16.9 Å². The molecular weight excluding hydrogens is 411 g/mol. The van der Waals surface area contributed by atoms with Crippen LogP contribution in [0.3, 0.4) is 0 Å². The highest BCUT2D eigenvalue weighted by molar-refractivity contribution is 5.94. The lowest BCUT2D eigenvalue weighted by molar-refractivity contribution is 0.0359. The van der Waals surface area contributed by atoms with Crippen molar-refractivity contribution < 1.29 is 23.9 Å². The van der Waals surface area contributed by atoms with Crippen molar-refractivity contribution in [3.8, 4) is 0 Å². The number of halogens is 1. The summed E-state index contributed by atoms with van der Waals surface area (Å²) >= 11 is 0. The van der Waals surface area contributed by atoms with E-state index in [1.807, 2.05) is 12.1 Å². The van der Waals surface area contributed by atoms with E-state index in [1.54, 1.807) is 54.0 Å². The van der Waals surface area contributed by atoms with Crippen molar-refractivity contribution in [2.45, 2.75) is 25.0 Å². The van der Waals surface area contributed by atoms with Crippen LogP contribution < -0.4 is 10.8 Å². The first kappa shape index (κ1) is 21.7. The first-order valence-corrected chi connectivity index (χ1v) is 10.3. The van der Waals surface area contributed by atoms with Crippen LogP contribution in [0, 0.1) is 5.82 Å². The lowest BCUT2D eigenvalue weighted by Crippen LogP contribution is -2.27. The number of carbonyl (C=O) groups is 2. The van der Waals surface area contributed by atoms with Gasteiger partial charge < -0.3 is 10.1 Å². The second-order valence-electron chi connectivity index (χ2n) is 7.68. The van der Waals surface area contributed by atoms with E-state index in [0.717, 1.165) is 29.5 Å². The van der Waals surface area contributed by atoms with Gasteiger partial charge in [-0.15, -0.1) is 0 Å². The topological polar surface area (TPSA) is 87.7 Å². The zero-order valence-electron chi connectivity index (χ0n) is 17.3. The molecule has 1 aliphatic heterocycles. The van der Waals surface area contributed by atoms with Crippen LogP contribution in [0.1, 0.15) is 50.2 Å². The van der Waals surface area contributed by atoms with Gasteiger partial charge in [-0.3, -0.25) is 14.8 Å². The van der Waals surface area contributed by atoms with Crippen molar-refractivity contribution in [3.63, 3.8) is 0 Å². The fourth-order valence-electron chi connectivity index (χ4n) is 3.99. The maximum absolute atomic E-state index is 13.4. The van der Waals surface area contributed by atoms with Gasteiger partial charge in [0.15, 0.2) is 0 Å². The van der Waals surface area contributed by atoms with Gasteiger partial charge in [0, 0.05) is 24.3 Å². The molecule has 2 amide bonds. The Hall–Kier alpha value is -3.55. The molecule has 1 saturated heterocycles. The molecule has 1 fully saturated rings. The standard InChI is InChI=1S/C25H23FN2O4/c26-22-12-10-21(11-13-22)25(14-1-15-32-25)20-8-6-18(7-9-20)23(29)27-16-17-2-4-19(5-3-17)24(30)28-31/h2-13,31H,1,14-16H2,(H,27,29)(H,28,30). The van der Waals surface area contributed by atoms with E-state index in [1.165, 1.54) is 12.1 Å². The molecule has 1 atom stereocenters. The lowest BCUT2D eigenvalue weighted by Gasteiger charge is -2.30. The Morgan fingerprint density at radius 2 is 1.44 bits per heavy atom. The number of ether oxygens (including phenoxy) is 1. The Morgan fingerprint density at radius 3 is 2.00 bits per heavy atom. The minimum absolute atomic E-state index is 0.225. The van der Waals surface area contributed by atoms with Gasteiger partial charge in [-0.2, -0.15) is 0 Å². The Balaban J connectivity index is 1.45. The molecule has 3 N–H and O–H groups in total. The summed E-state index contributed by atoms with van der Waals surface area (Å²) < 4.78 is 19.5. The van der Waals surface area contributed by atoms with Crippen LogP contribution >= 0.6 is 0 Å². The molecule has 0 spiro atoms. The lowest BCUT2D eigenvalue weighted by atomic mass is 9.83. The molecule has 3 aromatic carbocycles. The Kier molecular flexibility index (Phi) is 6.30. The van der Waals surface area contributed by atoms with Gasteiger partial charge in [0.1, 0.15) is 11.4 Å². The summed E-state index contributed by atoms with van der Waals surface area (Å²) in [5, 5.41) is 11.5. The third kappa shape index (κ3) is 4.39. The summed E-state index contributed by atoms with van der Waals surface area (Å²) in [6, 6.07) is 20.2. The molecule has 32 heavy (non-hydrogen) atoms. The van der Waals surface area contributed by atoms with Crippen LogP contribution in [0.25, 0.3) is 0 Å². The monoisotopic (exact) mass is 434 g/mol. The normalized spacial score (nSPS) is 17.7. The number of hydrogen-bond donors (Lipinski definition) is 3. The van der Waals surface area contributed by atoms with Gasteiger partial charge >= 0.3 is 0 Å². The predicted octanol–water partition coefficient (Wildman–Crippen LogP) is 3.93. The molecule has 0 radical (unpaired) electrons. The smallest absolute Gasteiger partial charge is 0.274 e. The van der Waals surface area contributed by atoms with Crippen LogP contribution in [-0.4, -0.2) is 23.6 Å². The van der Waals surface area contributed by atoms with Gasteiger partial charge in [0.25, 0.3) is 11.8 Å². The largest absolute Gasteiger partial charge is 0.366 e. The number of hydroxylamine groups is 1. The van der Waals surface area contributed by atoms with E-state index in [-0.39, 0.29) is 11.7 Å². The van der Waals surface area contributed by atoms with E-state index in [9.17, 15) is 14.0 Å². The minimum atomic E-state index is -0.634. The van der Waals surface area contributed by atoms with Crippen LogP contribution in [0.5, 0.6) is 0 Å². The summed E-state index contributed by atoms with van der Waals surface area (Å²) in [4.78, 5) is 23.9. The second kappa shape index (κ2) is 9.30. The third-order valence-electron chi connectivity index (χ3n) is 5.72. The fraction of sp³-hybridized carbons (Fsp3) is 0.200. The van der Waals surface area contributed by atoms with E-state index in [4.69, 9.17) is 9.94 Å². The summed E-state index contributed by atoms with van der Waals surface area (Å²) in [6.07, 6.45) is 1.69. The zero-order chi connectivity index (χ0) is 22.6. The molecule has 1 heterocycles. The van der Waals surface area contributed by atoms with Gasteiger partial charge in [0.05, 0.1) is 0 Å². The van der Waals surface area contributed by atoms with Gasteiger partial charge in [-0.25, -0.2) is 9.87 Å². The minimum Gasteiger partial charge on any atom is -0.366 e. The predicted molar refractivity (Wildman–Crippen MR) is 116 cm³/mol. The van der Waals surface area contributed by atoms with E-state index < -0.39 is 11.5 Å². The molecule has 0 aromatic heterocycles. The average Bonchev–Trinajstić information content (AvgIpc) is 3.34. The second-order valence-corrected chi connectivity index (χ2v) is 7.68. The van der Waals surface area contributed by atoms with Crippen molar-refractivity contribution in [2.75, 3.05) is 6.61 Å². The van der Waals surface area contributed by atoms with Crippen molar-refractivity contribution in [1.29, 1.82) is 0 Å². The summed E-state index contributed by atoms with van der Waals surface area (Å²) in [5.74, 6) is -1.11. The molecule has 0 saturated carbocycles.